The molecule has 11 nitrogen and oxygen atoms in total. The Labute approximate surface area is 339 Å². The number of anilines is 2. The summed E-state index contributed by atoms with van der Waals surface area (Å²) in [5, 5.41) is 7.37. The van der Waals surface area contributed by atoms with Crippen LogP contribution in [0.1, 0.15) is 74.8 Å². The molecule has 3 aliphatic heterocycles. The summed E-state index contributed by atoms with van der Waals surface area (Å²) in [6.45, 7) is 7.09. The Balaban J connectivity index is 0.873. The summed E-state index contributed by atoms with van der Waals surface area (Å²) >= 11 is 0. The Morgan fingerprint density at radius 2 is 1.50 bits per heavy atom. The highest BCUT2D eigenvalue weighted by Crippen LogP contribution is 2.37. The van der Waals surface area contributed by atoms with Gasteiger partial charge in [-0.15, -0.1) is 0 Å². The van der Waals surface area contributed by atoms with E-state index in [1.165, 1.54) is 17.3 Å². The van der Waals surface area contributed by atoms with Crippen molar-refractivity contribution in [3.05, 3.63) is 114 Å². The summed E-state index contributed by atoms with van der Waals surface area (Å²) in [6.07, 6.45) is 11.0. The Morgan fingerprint density at radius 3 is 2.19 bits per heavy atom. The number of pyridine rings is 1. The maximum absolute atomic E-state index is 16.0. The van der Waals surface area contributed by atoms with E-state index in [1.54, 1.807) is 42.3 Å². The molecule has 3 aliphatic rings. The zero-order chi connectivity index (χ0) is 40.2. The van der Waals surface area contributed by atoms with Crippen LogP contribution in [0.2, 0.25) is 0 Å². The number of hydrogen-bond donors (Lipinski definition) is 2. The fourth-order valence-electron chi connectivity index (χ4n) is 8.75. The van der Waals surface area contributed by atoms with Gasteiger partial charge in [0, 0.05) is 67.0 Å². The number of nitrogens with one attached hydrogen (secondary N) is 2. The van der Waals surface area contributed by atoms with Gasteiger partial charge in [-0.25, -0.2) is 17.5 Å². The normalized spacial score (nSPS) is 18.7. The van der Waals surface area contributed by atoms with E-state index < -0.39 is 15.8 Å². The van der Waals surface area contributed by atoms with Gasteiger partial charge in [0.1, 0.15) is 5.69 Å². The smallest absolute Gasteiger partial charge is 0.234 e. The third-order valence-corrected chi connectivity index (χ3v) is 13.4. The average molecular weight is 804 g/mol. The second-order valence-electron chi connectivity index (χ2n) is 15.9. The Hall–Kier alpha value is -5.40. The van der Waals surface area contributed by atoms with Crippen molar-refractivity contribution in [3.8, 4) is 28.1 Å². The van der Waals surface area contributed by atoms with Crippen LogP contribution >= 0.6 is 0 Å². The van der Waals surface area contributed by atoms with E-state index in [0.717, 1.165) is 75.2 Å². The first-order valence-corrected chi connectivity index (χ1v) is 22.1. The predicted molar refractivity (Wildman–Crippen MR) is 225 cm³/mol. The number of benzene rings is 3. The lowest BCUT2D eigenvalue weighted by Crippen LogP contribution is -2.41. The molecule has 5 aromatic rings. The van der Waals surface area contributed by atoms with Gasteiger partial charge in [0.05, 0.1) is 23.0 Å². The van der Waals surface area contributed by atoms with Crippen LogP contribution in [0.25, 0.3) is 28.1 Å². The quantitative estimate of drug-likeness (QED) is 0.124. The minimum atomic E-state index is -3.68. The molecule has 3 aromatic carbocycles. The van der Waals surface area contributed by atoms with Gasteiger partial charge in [-0.2, -0.15) is 5.10 Å². The van der Waals surface area contributed by atoms with Crippen LogP contribution < -0.4 is 14.9 Å². The molecule has 302 valence electrons. The van der Waals surface area contributed by atoms with E-state index >= 15 is 4.39 Å². The van der Waals surface area contributed by atoms with Crippen molar-refractivity contribution < 1.29 is 22.4 Å². The molecule has 3 fully saturated rings. The maximum Gasteiger partial charge on any atom is 0.234 e. The second-order valence-corrected chi connectivity index (χ2v) is 17.7. The topological polar surface area (TPSA) is 130 Å². The lowest BCUT2D eigenvalue weighted by atomic mass is 9.88. The van der Waals surface area contributed by atoms with E-state index in [-0.39, 0.29) is 34.7 Å². The molecule has 0 saturated carbocycles. The van der Waals surface area contributed by atoms with Crippen molar-refractivity contribution >= 4 is 33.2 Å². The third-order valence-electron chi connectivity index (χ3n) is 11.9. The van der Waals surface area contributed by atoms with E-state index in [2.05, 4.69) is 61.2 Å². The molecular weight excluding hydrogens is 754 g/mol. The number of carbonyl (C=O) groups excluding carboxylic acids is 2. The summed E-state index contributed by atoms with van der Waals surface area (Å²) < 4.78 is 45.2. The lowest BCUT2D eigenvalue weighted by molar-refractivity contribution is -0.134. The number of halogens is 1. The highest BCUT2D eigenvalue weighted by Gasteiger charge is 2.29. The summed E-state index contributed by atoms with van der Waals surface area (Å²) in [7, 11) is -3.68. The minimum Gasteiger partial charge on any atom is -0.372 e. The molecule has 5 heterocycles. The molecule has 0 radical (unpaired) electrons. The monoisotopic (exact) mass is 803 g/mol. The summed E-state index contributed by atoms with van der Waals surface area (Å²) in [5.74, 6) is -0.229. The van der Waals surface area contributed by atoms with Crippen LogP contribution in [0.5, 0.6) is 0 Å². The lowest BCUT2D eigenvalue weighted by Gasteiger charge is -2.38. The van der Waals surface area contributed by atoms with E-state index in [4.69, 9.17) is 5.10 Å². The van der Waals surface area contributed by atoms with Crippen molar-refractivity contribution in [2.45, 2.75) is 63.7 Å². The van der Waals surface area contributed by atoms with Gasteiger partial charge in [0.25, 0.3) is 0 Å². The molecule has 1 atom stereocenters. The fraction of sp³-hybridized carbons (Fsp3) is 0.378. The number of nitrogens with zero attached hydrogens (tertiary/aromatic N) is 5. The number of hydrogen-bond acceptors (Lipinski definition) is 8. The van der Waals surface area contributed by atoms with Gasteiger partial charge in [0.2, 0.25) is 21.8 Å². The molecule has 2 N–H and O–H groups in total. The van der Waals surface area contributed by atoms with Gasteiger partial charge < -0.3 is 9.80 Å². The molecule has 3 saturated heterocycles. The number of likely N-dealkylation sites (tertiary alicyclic amines) is 1. The number of imide groups is 1. The fourth-order valence-corrected chi connectivity index (χ4v) is 9.88. The van der Waals surface area contributed by atoms with Crippen LogP contribution in [0, 0.1) is 11.7 Å². The van der Waals surface area contributed by atoms with Crippen LogP contribution in [0.4, 0.5) is 15.8 Å². The molecule has 0 aliphatic carbocycles. The Bertz CT molecular complexity index is 2340. The molecule has 2 amide bonds. The molecule has 0 bridgehead atoms. The first kappa shape index (κ1) is 39.4. The summed E-state index contributed by atoms with van der Waals surface area (Å²) in [6, 6.07) is 25.2. The van der Waals surface area contributed by atoms with Crippen molar-refractivity contribution in [2.75, 3.05) is 48.1 Å². The van der Waals surface area contributed by atoms with Gasteiger partial charge >= 0.3 is 0 Å². The molecule has 8 rings (SSSR count). The highest BCUT2D eigenvalue weighted by atomic mass is 32.2. The van der Waals surface area contributed by atoms with Gasteiger partial charge in [-0.1, -0.05) is 43.3 Å². The first-order chi connectivity index (χ1) is 28.1. The third kappa shape index (κ3) is 8.85. The maximum atomic E-state index is 16.0. The number of piperidine rings is 3. The molecule has 13 heteroatoms. The number of amides is 2. The number of aromatic nitrogens is 3. The number of rotatable bonds is 12. The highest BCUT2D eigenvalue weighted by molar-refractivity contribution is 7.92. The Kier molecular flexibility index (Phi) is 11.7. The molecule has 0 spiro atoms. The van der Waals surface area contributed by atoms with Gasteiger partial charge in [-0.3, -0.25) is 24.6 Å². The second kappa shape index (κ2) is 17.2. The summed E-state index contributed by atoms with van der Waals surface area (Å²) in [4.78, 5) is 33.1. The zero-order valence-electron chi connectivity index (χ0n) is 32.8. The van der Waals surface area contributed by atoms with Crippen molar-refractivity contribution in [1.82, 2.24) is 25.0 Å². The number of carbonyl (C=O) groups is 2. The van der Waals surface area contributed by atoms with Crippen molar-refractivity contribution in [1.29, 1.82) is 0 Å². The van der Waals surface area contributed by atoms with Gasteiger partial charge in [0.15, 0.2) is 5.82 Å². The van der Waals surface area contributed by atoms with Crippen LogP contribution in [-0.2, 0) is 19.6 Å². The first-order valence-electron chi connectivity index (χ1n) is 20.4. The van der Waals surface area contributed by atoms with Crippen LogP contribution in [0.3, 0.4) is 0 Å². The Morgan fingerprint density at radius 1 is 0.810 bits per heavy atom. The molecule has 58 heavy (non-hydrogen) atoms. The van der Waals surface area contributed by atoms with Crippen molar-refractivity contribution in [3.63, 3.8) is 0 Å². The standard InChI is InChI=1S/C45H50FN7O4S/c1-2-28-58(56,57)50-41-5-3-4-39(43(41)46)40-30-53(49-44(40)35-16-22-47-23-17-35)37-12-6-32(7-13-37)33-20-24-51(25-21-33)29-31-18-26-52(27-19-31)36-10-8-34(9-11-36)38-14-15-42(54)48-45(38)55/h3-13,16-17,22-23,30-31,33,38,50H,2,14-15,18-21,24-29H2,1H3,(H,48,54,55)/t38-/m0/s1. The average Bonchev–Trinajstić information content (AvgIpc) is 3.68. The van der Waals surface area contributed by atoms with Gasteiger partial charge in [-0.05, 0) is 117 Å². The van der Waals surface area contributed by atoms with E-state index in [1.807, 2.05) is 24.3 Å². The van der Waals surface area contributed by atoms with E-state index in [9.17, 15) is 18.0 Å². The number of sulfonamides is 1. The predicted octanol–water partition coefficient (Wildman–Crippen LogP) is 7.51. The van der Waals surface area contributed by atoms with Crippen LogP contribution in [0.15, 0.2) is 97.5 Å². The summed E-state index contributed by atoms with van der Waals surface area (Å²) in [5.41, 5.74) is 6.36. The van der Waals surface area contributed by atoms with E-state index in [0.29, 0.717) is 42.4 Å². The molecule has 2 aromatic heterocycles. The molecule has 0 unspecified atom stereocenters. The molecular formula is C45H50FN7O4S. The largest absolute Gasteiger partial charge is 0.372 e. The zero-order valence-corrected chi connectivity index (χ0v) is 33.6. The van der Waals surface area contributed by atoms with Crippen molar-refractivity contribution in [2.24, 2.45) is 5.92 Å². The SMILES string of the molecule is CCCS(=O)(=O)Nc1cccc(-c2cn(-c3ccc(C4CCN(CC5CCN(c6ccc([C@@H]7CCC(=O)NC7=O)cc6)CC5)CC4)cc3)nc2-c2ccncc2)c1F. The minimum absolute atomic E-state index is 0.0899. The van der Waals surface area contributed by atoms with Crippen LogP contribution in [-0.4, -0.2) is 78.4 Å².